The normalized spacial score (nSPS) is 12.5. The van der Waals surface area contributed by atoms with Crippen LogP contribution in [0.3, 0.4) is 0 Å². The molecule has 2 aromatic carbocycles. The smallest absolute Gasteiger partial charge is 0.123 e. The second-order valence-corrected chi connectivity index (χ2v) is 5.05. The largest absolute Gasteiger partial charge is 0.320 e. The Kier molecular flexibility index (Phi) is 3.91. The van der Waals surface area contributed by atoms with Crippen molar-refractivity contribution in [3.05, 3.63) is 69.0 Å². The highest BCUT2D eigenvalue weighted by Crippen LogP contribution is 2.29. The molecule has 18 heavy (non-hydrogen) atoms. The second kappa shape index (κ2) is 5.27. The lowest BCUT2D eigenvalue weighted by molar-refractivity contribution is 0.622. The highest BCUT2D eigenvalue weighted by Gasteiger charge is 2.14. The van der Waals surface area contributed by atoms with E-state index in [1.807, 2.05) is 13.0 Å². The maximum Gasteiger partial charge on any atom is 0.123 e. The molecule has 2 N–H and O–H groups in total. The van der Waals surface area contributed by atoms with Gasteiger partial charge in [-0.1, -0.05) is 35.3 Å². The maximum absolute atomic E-state index is 13.4. The lowest BCUT2D eigenvalue weighted by atomic mass is 9.98. The van der Waals surface area contributed by atoms with Gasteiger partial charge >= 0.3 is 0 Å². The Bertz CT molecular complexity index is 564. The summed E-state index contributed by atoms with van der Waals surface area (Å²) in [5.41, 5.74) is 8.35. The molecule has 2 aromatic rings. The highest BCUT2D eigenvalue weighted by atomic mass is 35.5. The first-order valence-corrected chi connectivity index (χ1v) is 6.20. The quantitative estimate of drug-likeness (QED) is 0.864. The third kappa shape index (κ3) is 2.83. The zero-order valence-electron chi connectivity index (χ0n) is 9.75. The molecule has 0 radical (unpaired) electrons. The van der Waals surface area contributed by atoms with Gasteiger partial charge in [-0.3, -0.25) is 0 Å². The van der Waals surface area contributed by atoms with Crippen molar-refractivity contribution in [2.75, 3.05) is 0 Å². The SMILES string of the molecule is Cc1cc(F)cc(C(N)c2ccc(Cl)cc2Cl)c1. The molecule has 2 rings (SSSR count). The molecule has 0 amide bonds. The van der Waals surface area contributed by atoms with Crippen molar-refractivity contribution in [2.24, 2.45) is 5.73 Å². The van der Waals surface area contributed by atoms with Crippen LogP contribution in [0.25, 0.3) is 0 Å². The summed E-state index contributed by atoms with van der Waals surface area (Å²) in [5.74, 6) is -0.300. The molecule has 4 heteroatoms. The van der Waals surface area contributed by atoms with E-state index in [-0.39, 0.29) is 5.82 Å². The van der Waals surface area contributed by atoms with Crippen molar-refractivity contribution >= 4 is 23.2 Å². The summed E-state index contributed by atoms with van der Waals surface area (Å²) in [6.45, 7) is 1.82. The summed E-state index contributed by atoms with van der Waals surface area (Å²) >= 11 is 11.9. The van der Waals surface area contributed by atoms with Gasteiger partial charge in [0.15, 0.2) is 0 Å². The summed E-state index contributed by atoms with van der Waals surface area (Å²) in [4.78, 5) is 0. The molecule has 0 heterocycles. The van der Waals surface area contributed by atoms with Gasteiger partial charge in [-0.15, -0.1) is 0 Å². The number of hydrogen-bond donors (Lipinski definition) is 1. The Balaban J connectivity index is 2.44. The van der Waals surface area contributed by atoms with Crippen LogP contribution in [0.4, 0.5) is 4.39 Å². The first kappa shape index (κ1) is 13.3. The van der Waals surface area contributed by atoms with Gasteiger partial charge in [0, 0.05) is 10.0 Å². The molecule has 0 aromatic heterocycles. The van der Waals surface area contributed by atoms with E-state index < -0.39 is 6.04 Å². The van der Waals surface area contributed by atoms with E-state index in [2.05, 4.69) is 0 Å². The van der Waals surface area contributed by atoms with Gasteiger partial charge in [-0.2, -0.15) is 0 Å². The molecule has 0 aliphatic rings. The minimum Gasteiger partial charge on any atom is -0.320 e. The Hall–Kier alpha value is -1.09. The Morgan fingerprint density at radius 1 is 1.11 bits per heavy atom. The van der Waals surface area contributed by atoms with E-state index in [0.29, 0.717) is 15.6 Å². The predicted molar refractivity (Wildman–Crippen MR) is 73.6 cm³/mol. The number of benzene rings is 2. The summed E-state index contributed by atoms with van der Waals surface area (Å²) < 4.78 is 13.4. The average molecular weight is 284 g/mol. The Labute approximate surface area is 115 Å². The number of nitrogens with two attached hydrogens (primary N) is 1. The third-order valence-electron chi connectivity index (χ3n) is 2.72. The zero-order valence-corrected chi connectivity index (χ0v) is 11.3. The molecule has 0 fully saturated rings. The second-order valence-electron chi connectivity index (χ2n) is 4.21. The molecule has 0 aliphatic heterocycles. The van der Waals surface area contributed by atoms with Crippen LogP contribution in [-0.2, 0) is 0 Å². The first-order valence-electron chi connectivity index (χ1n) is 5.45. The third-order valence-corrected chi connectivity index (χ3v) is 3.28. The van der Waals surface area contributed by atoms with Crippen molar-refractivity contribution in [2.45, 2.75) is 13.0 Å². The van der Waals surface area contributed by atoms with Gasteiger partial charge in [-0.05, 0) is 47.9 Å². The Morgan fingerprint density at radius 2 is 1.83 bits per heavy atom. The monoisotopic (exact) mass is 283 g/mol. The van der Waals surface area contributed by atoms with E-state index in [0.717, 1.165) is 11.1 Å². The molecule has 1 atom stereocenters. The highest BCUT2D eigenvalue weighted by molar-refractivity contribution is 6.35. The van der Waals surface area contributed by atoms with Crippen LogP contribution < -0.4 is 5.73 Å². The average Bonchev–Trinajstić information content (AvgIpc) is 2.26. The van der Waals surface area contributed by atoms with Gasteiger partial charge in [0.25, 0.3) is 0 Å². The lowest BCUT2D eigenvalue weighted by Gasteiger charge is -2.15. The van der Waals surface area contributed by atoms with Crippen LogP contribution in [0.15, 0.2) is 36.4 Å². The fourth-order valence-corrected chi connectivity index (χ4v) is 2.40. The first-order chi connectivity index (χ1) is 8.47. The van der Waals surface area contributed by atoms with E-state index in [9.17, 15) is 4.39 Å². The Morgan fingerprint density at radius 3 is 2.44 bits per heavy atom. The maximum atomic E-state index is 13.4. The van der Waals surface area contributed by atoms with Gasteiger partial charge in [-0.25, -0.2) is 4.39 Å². The van der Waals surface area contributed by atoms with Crippen LogP contribution >= 0.6 is 23.2 Å². The fourth-order valence-electron chi connectivity index (χ4n) is 1.88. The number of aryl methyl sites for hydroxylation is 1. The van der Waals surface area contributed by atoms with Crippen LogP contribution in [0.2, 0.25) is 10.0 Å². The molecule has 0 saturated carbocycles. The van der Waals surface area contributed by atoms with Crippen molar-refractivity contribution in [1.82, 2.24) is 0 Å². The van der Waals surface area contributed by atoms with Crippen molar-refractivity contribution in [3.63, 3.8) is 0 Å². The zero-order chi connectivity index (χ0) is 13.3. The molecular formula is C14H12Cl2FN. The van der Waals surface area contributed by atoms with Crippen LogP contribution in [0.1, 0.15) is 22.7 Å². The van der Waals surface area contributed by atoms with Crippen LogP contribution in [0.5, 0.6) is 0 Å². The van der Waals surface area contributed by atoms with Gasteiger partial charge in [0.05, 0.1) is 6.04 Å². The molecule has 94 valence electrons. The fraction of sp³-hybridized carbons (Fsp3) is 0.143. The molecule has 0 bridgehead atoms. The summed E-state index contributed by atoms with van der Waals surface area (Å²) in [6.07, 6.45) is 0. The van der Waals surface area contributed by atoms with E-state index in [4.69, 9.17) is 28.9 Å². The van der Waals surface area contributed by atoms with Crippen LogP contribution in [0, 0.1) is 12.7 Å². The number of rotatable bonds is 2. The van der Waals surface area contributed by atoms with Crippen molar-refractivity contribution < 1.29 is 4.39 Å². The predicted octanol–water partition coefficient (Wildman–Crippen LogP) is 4.49. The molecule has 0 saturated heterocycles. The molecule has 1 unspecified atom stereocenters. The van der Waals surface area contributed by atoms with Gasteiger partial charge in [0.2, 0.25) is 0 Å². The van der Waals surface area contributed by atoms with E-state index in [1.54, 1.807) is 18.2 Å². The summed E-state index contributed by atoms with van der Waals surface area (Å²) in [5, 5.41) is 1.03. The number of hydrogen-bond acceptors (Lipinski definition) is 1. The summed E-state index contributed by atoms with van der Waals surface area (Å²) in [6, 6.07) is 9.36. The molecule has 0 spiro atoms. The topological polar surface area (TPSA) is 26.0 Å². The molecular weight excluding hydrogens is 272 g/mol. The van der Waals surface area contributed by atoms with Gasteiger partial charge in [0.1, 0.15) is 5.82 Å². The standard InChI is InChI=1S/C14H12Cl2FN/c1-8-4-9(6-11(17)5-8)14(18)12-3-2-10(15)7-13(12)16/h2-7,14H,18H2,1H3. The van der Waals surface area contributed by atoms with Crippen molar-refractivity contribution in [3.8, 4) is 0 Å². The minimum absolute atomic E-state index is 0.300. The van der Waals surface area contributed by atoms with E-state index in [1.165, 1.54) is 12.1 Å². The van der Waals surface area contributed by atoms with Crippen LogP contribution in [-0.4, -0.2) is 0 Å². The molecule has 0 aliphatic carbocycles. The van der Waals surface area contributed by atoms with Gasteiger partial charge < -0.3 is 5.73 Å². The molecule has 1 nitrogen and oxygen atoms in total. The lowest BCUT2D eigenvalue weighted by Crippen LogP contribution is -2.13. The van der Waals surface area contributed by atoms with E-state index >= 15 is 0 Å². The summed E-state index contributed by atoms with van der Waals surface area (Å²) in [7, 11) is 0. The minimum atomic E-state index is -0.468. The van der Waals surface area contributed by atoms with Crippen molar-refractivity contribution in [1.29, 1.82) is 0 Å². The number of halogens is 3.